The number of benzene rings is 4. The van der Waals surface area contributed by atoms with Gasteiger partial charge in [-0.3, -0.25) is 14.4 Å². The molecule has 10 nitrogen and oxygen atoms in total. The molecule has 7 rings (SSSR count). The first-order chi connectivity index (χ1) is 28.5. The van der Waals surface area contributed by atoms with Crippen LogP contribution < -0.4 is 0 Å². The zero-order valence-electron chi connectivity index (χ0n) is 34.2. The van der Waals surface area contributed by atoms with Crippen molar-refractivity contribution in [2.45, 2.75) is 84.5 Å². The van der Waals surface area contributed by atoms with E-state index in [0.29, 0.717) is 19.5 Å². The lowest BCUT2D eigenvalue weighted by Crippen LogP contribution is -2.56. The third-order valence-electron chi connectivity index (χ3n) is 11.4. The Kier molecular flexibility index (Phi) is 12.9. The number of ketones is 1. The summed E-state index contributed by atoms with van der Waals surface area (Å²) in [6.45, 7) is 8.99. The molecule has 1 amide bonds. The van der Waals surface area contributed by atoms with Crippen molar-refractivity contribution < 1.29 is 42.9 Å². The van der Waals surface area contributed by atoms with Gasteiger partial charge in [0.05, 0.1) is 6.10 Å². The normalized spacial score (nSPS) is 20.8. The standard InChI is InChI=1S/C49H51NO9/c1-30-26-37-12-6-7-13-40(37)39(30)24-25-50(49(54)56-29-45-43-16-10-8-14-41(43)42-15-9-11-17-44(42)45)27-36-20-18-35(19-21-36)22-23-38(53)28-55-48-31(2)46(58-33(4)51)47(32(3)57-48)59-34(5)52/h6-23,31-32,45-48H,24-29H2,1-5H3/b23-22+/t31-,32-,46-,47+,48+/m0/s1. The molecule has 1 heterocycles. The maximum Gasteiger partial charge on any atom is 0.410 e. The van der Waals surface area contributed by atoms with E-state index in [4.69, 9.17) is 23.7 Å². The summed E-state index contributed by atoms with van der Waals surface area (Å²) in [6.07, 6.45) is 1.32. The van der Waals surface area contributed by atoms with Gasteiger partial charge in [0.2, 0.25) is 0 Å². The van der Waals surface area contributed by atoms with Crippen molar-refractivity contribution in [3.63, 3.8) is 0 Å². The Bertz CT molecular complexity index is 2210. The van der Waals surface area contributed by atoms with Gasteiger partial charge in [-0.05, 0) is 82.8 Å². The number of allylic oxidation sites excluding steroid dienone is 1. The number of hydrogen-bond donors (Lipinski definition) is 0. The van der Waals surface area contributed by atoms with Crippen LogP contribution in [0.15, 0.2) is 109 Å². The molecule has 59 heavy (non-hydrogen) atoms. The minimum atomic E-state index is -0.860. The van der Waals surface area contributed by atoms with Crippen LogP contribution in [0.4, 0.5) is 4.79 Å². The second-order valence-corrected chi connectivity index (χ2v) is 15.6. The van der Waals surface area contributed by atoms with Gasteiger partial charge in [0.1, 0.15) is 19.3 Å². The molecule has 0 bridgehead atoms. The molecule has 306 valence electrons. The predicted molar refractivity (Wildman–Crippen MR) is 224 cm³/mol. The molecule has 0 saturated carbocycles. The Morgan fingerprint density at radius 2 is 1.39 bits per heavy atom. The Morgan fingerprint density at radius 1 is 0.780 bits per heavy atom. The summed E-state index contributed by atoms with van der Waals surface area (Å²) >= 11 is 0. The average molecular weight is 798 g/mol. The molecule has 1 aliphatic heterocycles. The van der Waals surface area contributed by atoms with Crippen molar-refractivity contribution in [2.24, 2.45) is 5.92 Å². The van der Waals surface area contributed by atoms with E-state index in [-0.39, 0.29) is 31.0 Å². The fourth-order valence-electron chi connectivity index (χ4n) is 8.51. The van der Waals surface area contributed by atoms with E-state index in [1.807, 2.05) is 48.5 Å². The van der Waals surface area contributed by atoms with Crippen LogP contribution >= 0.6 is 0 Å². The molecule has 2 aliphatic carbocycles. The summed E-state index contributed by atoms with van der Waals surface area (Å²) in [5, 5.41) is 0. The van der Waals surface area contributed by atoms with E-state index in [1.165, 1.54) is 64.5 Å². The molecule has 0 unspecified atom stereocenters. The lowest BCUT2D eigenvalue weighted by molar-refractivity contribution is -0.277. The van der Waals surface area contributed by atoms with E-state index < -0.39 is 42.5 Å². The van der Waals surface area contributed by atoms with Gasteiger partial charge in [0, 0.05) is 38.8 Å². The first-order valence-electron chi connectivity index (χ1n) is 20.2. The van der Waals surface area contributed by atoms with Crippen LogP contribution in [0.1, 0.15) is 80.3 Å². The maximum absolute atomic E-state index is 14.0. The minimum Gasteiger partial charge on any atom is -0.458 e. The van der Waals surface area contributed by atoms with Crippen LogP contribution in [0.2, 0.25) is 0 Å². The lowest BCUT2D eigenvalue weighted by atomic mass is 9.92. The van der Waals surface area contributed by atoms with E-state index in [2.05, 4.69) is 55.5 Å². The Morgan fingerprint density at radius 3 is 2.05 bits per heavy atom. The predicted octanol–water partition coefficient (Wildman–Crippen LogP) is 8.70. The van der Waals surface area contributed by atoms with E-state index in [1.54, 1.807) is 24.8 Å². The van der Waals surface area contributed by atoms with Crippen LogP contribution in [0, 0.1) is 5.92 Å². The number of nitrogens with zero attached hydrogens (tertiary/aromatic N) is 1. The Balaban J connectivity index is 0.991. The molecular formula is C49H51NO9. The minimum absolute atomic E-state index is 0.0430. The van der Waals surface area contributed by atoms with Crippen molar-refractivity contribution in [3.8, 4) is 11.1 Å². The molecule has 0 N–H and O–H groups in total. The third kappa shape index (κ3) is 9.56. The quantitative estimate of drug-likeness (QED) is 0.0702. The monoisotopic (exact) mass is 797 g/mol. The summed E-state index contributed by atoms with van der Waals surface area (Å²) in [5.41, 5.74) is 11.6. The molecular weight excluding hydrogens is 747 g/mol. The number of esters is 2. The third-order valence-corrected chi connectivity index (χ3v) is 11.4. The van der Waals surface area contributed by atoms with E-state index in [9.17, 15) is 19.2 Å². The summed E-state index contributed by atoms with van der Waals surface area (Å²) in [7, 11) is 0. The fourth-order valence-corrected chi connectivity index (χ4v) is 8.51. The molecule has 5 atom stereocenters. The Hall–Kier alpha value is -5.84. The molecule has 0 aromatic heterocycles. The first kappa shape index (κ1) is 41.3. The largest absolute Gasteiger partial charge is 0.458 e. The number of carbonyl (C=O) groups excluding carboxylic acids is 4. The number of rotatable bonds is 14. The number of fused-ring (bicyclic) bond motifs is 4. The van der Waals surface area contributed by atoms with Crippen molar-refractivity contribution in [1.82, 2.24) is 4.90 Å². The SMILES string of the molecule is CC(=O)O[C@H]1[C@H](C)[C@H](OCC(=O)/C=C/c2ccc(CN(CCC3=C(C)Cc4ccccc43)C(=O)OCC3c4ccccc4-c4ccccc43)cc2)O[C@@H](C)[C@H]1OC(C)=O. The van der Waals surface area contributed by atoms with Crippen LogP contribution in [0.5, 0.6) is 0 Å². The van der Waals surface area contributed by atoms with Gasteiger partial charge < -0.3 is 28.6 Å². The lowest BCUT2D eigenvalue weighted by Gasteiger charge is -2.42. The smallest absolute Gasteiger partial charge is 0.410 e. The second-order valence-electron chi connectivity index (χ2n) is 15.6. The molecule has 10 heteroatoms. The van der Waals surface area contributed by atoms with E-state index in [0.717, 1.165) is 17.5 Å². The van der Waals surface area contributed by atoms with E-state index >= 15 is 0 Å². The zero-order valence-corrected chi connectivity index (χ0v) is 34.2. The molecule has 1 fully saturated rings. The summed E-state index contributed by atoms with van der Waals surface area (Å²) in [6, 6.07) is 32.8. The van der Waals surface area contributed by atoms with Gasteiger partial charge in [-0.25, -0.2) is 4.79 Å². The summed E-state index contributed by atoms with van der Waals surface area (Å²) in [5.74, 6) is -1.88. The molecule has 4 aromatic rings. The van der Waals surface area contributed by atoms with Crippen molar-refractivity contribution >= 4 is 35.5 Å². The summed E-state index contributed by atoms with van der Waals surface area (Å²) < 4.78 is 28.8. The Labute approximate surface area is 345 Å². The highest BCUT2D eigenvalue weighted by atomic mass is 16.7. The highest BCUT2D eigenvalue weighted by molar-refractivity contribution is 5.94. The number of hydrogen-bond acceptors (Lipinski definition) is 9. The van der Waals surface area contributed by atoms with Crippen LogP contribution in [0.3, 0.4) is 0 Å². The van der Waals surface area contributed by atoms with Gasteiger partial charge in [-0.1, -0.05) is 116 Å². The second kappa shape index (κ2) is 18.4. The van der Waals surface area contributed by atoms with Gasteiger partial charge >= 0.3 is 18.0 Å². The van der Waals surface area contributed by atoms with Gasteiger partial charge in [0.25, 0.3) is 0 Å². The fraction of sp³-hybridized carbons (Fsp3) is 0.347. The van der Waals surface area contributed by atoms with Gasteiger partial charge in [-0.15, -0.1) is 0 Å². The van der Waals surface area contributed by atoms with Crippen molar-refractivity contribution in [3.05, 3.63) is 142 Å². The maximum atomic E-state index is 14.0. The van der Waals surface area contributed by atoms with Crippen LogP contribution in [-0.2, 0) is 51.0 Å². The number of ether oxygens (including phenoxy) is 5. The zero-order chi connectivity index (χ0) is 41.6. The van der Waals surface area contributed by atoms with Crippen LogP contribution in [-0.4, -0.2) is 73.1 Å². The molecule has 0 radical (unpaired) electrons. The number of carbonyl (C=O) groups is 4. The highest BCUT2D eigenvalue weighted by Gasteiger charge is 2.46. The van der Waals surface area contributed by atoms with Crippen molar-refractivity contribution in [2.75, 3.05) is 19.8 Å². The first-order valence-corrected chi connectivity index (χ1v) is 20.2. The van der Waals surface area contributed by atoms with Gasteiger partial charge in [-0.2, -0.15) is 0 Å². The molecule has 1 saturated heterocycles. The summed E-state index contributed by atoms with van der Waals surface area (Å²) in [4.78, 5) is 52.2. The molecule has 4 aromatic carbocycles. The topological polar surface area (TPSA) is 118 Å². The van der Waals surface area contributed by atoms with Gasteiger partial charge in [0.15, 0.2) is 18.2 Å². The molecule has 0 spiro atoms. The number of amides is 1. The highest BCUT2D eigenvalue weighted by Crippen LogP contribution is 2.44. The molecule has 3 aliphatic rings. The van der Waals surface area contributed by atoms with Crippen molar-refractivity contribution in [1.29, 1.82) is 0 Å². The average Bonchev–Trinajstić information content (AvgIpc) is 3.72. The van der Waals surface area contributed by atoms with Crippen LogP contribution in [0.25, 0.3) is 22.8 Å².